The maximum atomic E-state index is 12.2. The van der Waals surface area contributed by atoms with Gasteiger partial charge in [-0.2, -0.15) is 0 Å². The second-order valence-electron chi connectivity index (χ2n) is 5.92. The topological polar surface area (TPSA) is 49.6 Å². The summed E-state index contributed by atoms with van der Waals surface area (Å²) in [5.41, 5.74) is 5.58. The van der Waals surface area contributed by atoms with E-state index in [0.717, 1.165) is 26.1 Å². The van der Waals surface area contributed by atoms with Crippen LogP contribution in [0.5, 0.6) is 0 Å². The van der Waals surface area contributed by atoms with Crippen LogP contribution in [-0.2, 0) is 4.79 Å². The summed E-state index contributed by atoms with van der Waals surface area (Å²) < 4.78 is 0. The van der Waals surface area contributed by atoms with Crippen LogP contribution in [0.25, 0.3) is 0 Å². The van der Waals surface area contributed by atoms with Gasteiger partial charge in [-0.3, -0.25) is 4.79 Å². The Hall–Kier alpha value is -0.610. The van der Waals surface area contributed by atoms with Crippen molar-refractivity contribution in [2.24, 2.45) is 17.6 Å². The van der Waals surface area contributed by atoms with Crippen molar-refractivity contribution in [2.75, 3.05) is 40.3 Å². The van der Waals surface area contributed by atoms with Gasteiger partial charge >= 0.3 is 0 Å². The molecule has 0 saturated carbocycles. The van der Waals surface area contributed by atoms with Gasteiger partial charge in [-0.1, -0.05) is 20.8 Å². The number of rotatable bonds is 9. The predicted octanol–water partition coefficient (Wildman–Crippen LogP) is 1.41. The molecule has 4 nitrogen and oxygen atoms in total. The van der Waals surface area contributed by atoms with Crippen LogP contribution in [0.2, 0.25) is 0 Å². The average molecular weight is 257 g/mol. The predicted molar refractivity (Wildman–Crippen MR) is 77.4 cm³/mol. The maximum absolute atomic E-state index is 12.2. The molecule has 0 saturated heterocycles. The fourth-order valence-electron chi connectivity index (χ4n) is 1.73. The van der Waals surface area contributed by atoms with E-state index in [0.29, 0.717) is 24.8 Å². The Morgan fingerprint density at radius 2 is 1.78 bits per heavy atom. The Bertz CT molecular complexity index is 229. The van der Waals surface area contributed by atoms with Gasteiger partial charge in [0.05, 0.1) is 0 Å². The zero-order valence-electron chi connectivity index (χ0n) is 12.8. The van der Waals surface area contributed by atoms with Gasteiger partial charge < -0.3 is 15.5 Å². The van der Waals surface area contributed by atoms with Crippen LogP contribution >= 0.6 is 0 Å². The molecule has 0 radical (unpaired) electrons. The van der Waals surface area contributed by atoms with Crippen molar-refractivity contribution >= 4 is 5.91 Å². The number of carbonyl (C=O) groups is 1. The summed E-state index contributed by atoms with van der Waals surface area (Å²) in [6.07, 6.45) is 1.52. The summed E-state index contributed by atoms with van der Waals surface area (Å²) in [6, 6.07) is 0. The fourth-order valence-corrected chi connectivity index (χ4v) is 1.73. The Labute approximate surface area is 113 Å². The largest absolute Gasteiger partial charge is 0.341 e. The number of nitrogens with two attached hydrogens (primary N) is 1. The van der Waals surface area contributed by atoms with E-state index < -0.39 is 0 Å². The third-order valence-electron chi connectivity index (χ3n) is 3.01. The number of carbonyl (C=O) groups excluding carboxylic acids is 1. The Morgan fingerprint density at radius 3 is 2.22 bits per heavy atom. The highest BCUT2D eigenvalue weighted by atomic mass is 16.2. The molecule has 0 bridgehead atoms. The minimum Gasteiger partial charge on any atom is -0.341 e. The number of likely N-dealkylation sites (N-methyl/N-ethyl adjacent to an activating group) is 1. The van der Waals surface area contributed by atoms with E-state index in [1.54, 1.807) is 0 Å². The van der Waals surface area contributed by atoms with E-state index in [4.69, 9.17) is 5.73 Å². The Morgan fingerprint density at radius 1 is 1.17 bits per heavy atom. The standard InChI is InChI=1S/C14H31N3O/c1-12(2)11-17(9-8-16(4)5)14(18)7-6-13(3)10-15/h12-13H,6-11,15H2,1-5H3. The summed E-state index contributed by atoms with van der Waals surface area (Å²) >= 11 is 0. The van der Waals surface area contributed by atoms with Crippen LogP contribution in [0.4, 0.5) is 0 Å². The second-order valence-corrected chi connectivity index (χ2v) is 5.92. The lowest BCUT2D eigenvalue weighted by Crippen LogP contribution is -2.39. The molecule has 108 valence electrons. The van der Waals surface area contributed by atoms with Crippen LogP contribution in [0.3, 0.4) is 0 Å². The molecule has 4 heteroatoms. The van der Waals surface area contributed by atoms with Gasteiger partial charge in [0.2, 0.25) is 5.91 Å². The van der Waals surface area contributed by atoms with Crippen molar-refractivity contribution in [1.82, 2.24) is 9.80 Å². The molecule has 0 aromatic rings. The Balaban J connectivity index is 4.21. The first-order valence-corrected chi connectivity index (χ1v) is 6.99. The maximum Gasteiger partial charge on any atom is 0.222 e. The molecule has 0 aromatic heterocycles. The summed E-state index contributed by atoms with van der Waals surface area (Å²) in [4.78, 5) is 16.3. The van der Waals surface area contributed by atoms with Crippen molar-refractivity contribution in [3.05, 3.63) is 0 Å². The van der Waals surface area contributed by atoms with E-state index in [-0.39, 0.29) is 5.91 Å². The molecule has 0 aliphatic carbocycles. The number of nitrogens with zero attached hydrogens (tertiary/aromatic N) is 2. The van der Waals surface area contributed by atoms with Crippen molar-refractivity contribution < 1.29 is 4.79 Å². The highest BCUT2D eigenvalue weighted by Crippen LogP contribution is 2.08. The van der Waals surface area contributed by atoms with Gasteiger partial charge in [-0.15, -0.1) is 0 Å². The molecule has 0 fully saturated rings. The van der Waals surface area contributed by atoms with E-state index in [1.165, 1.54) is 0 Å². The first-order valence-electron chi connectivity index (χ1n) is 6.99. The van der Waals surface area contributed by atoms with Crippen molar-refractivity contribution in [2.45, 2.75) is 33.6 Å². The third kappa shape index (κ3) is 8.48. The third-order valence-corrected chi connectivity index (χ3v) is 3.01. The summed E-state index contributed by atoms with van der Waals surface area (Å²) in [6.45, 7) is 9.65. The molecular formula is C14H31N3O. The minimum atomic E-state index is 0.269. The monoisotopic (exact) mass is 257 g/mol. The van der Waals surface area contributed by atoms with Gasteiger partial charge in [0.1, 0.15) is 0 Å². The first-order chi connectivity index (χ1) is 8.36. The molecule has 0 spiro atoms. The number of hydrogen-bond acceptors (Lipinski definition) is 3. The molecule has 1 atom stereocenters. The Kier molecular flexibility index (Phi) is 9.02. The van der Waals surface area contributed by atoms with Gasteiger partial charge in [0, 0.05) is 26.1 Å². The first kappa shape index (κ1) is 17.4. The van der Waals surface area contributed by atoms with Crippen LogP contribution in [0.15, 0.2) is 0 Å². The normalized spacial score (nSPS) is 13.1. The van der Waals surface area contributed by atoms with Crippen LogP contribution in [0.1, 0.15) is 33.6 Å². The van der Waals surface area contributed by atoms with Crippen LogP contribution in [0, 0.1) is 11.8 Å². The molecule has 2 N–H and O–H groups in total. The van der Waals surface area contributed by atoms with E-state index in [1.807, 2.05) is 19.0 Å². The molecule has 1 amide bonds. The molecule has 0 heterocycles. The quantitative estimate of drug-likeness (QED) is 0.679. The molecule has 18 heavy (non-hydrogen) atoms. The second kappa shape index (κ2) is 9.34. The molecule has 1 unspecified atom stereocenters. The highest BCUT2D eigenvalue weighted by Gasteiger charge is 2.15. The van der Waals surface area contributed by atoms with Gasteiger partial charge in [-0.25, -0.2) is 0 Å². The molecule has 0 aliphatic rings. The van der Waals surface area contributed by atoms with Gasteiger partial charge in [0.25, 0.3) is 0 Å². The lowest BCUT2D eigenvalue weighted by atomic mass is 10.1. The lowest BCUT2D eigenvalue weighted by molar-refractivity contribution is -0.132. The smallest absolute Gasteiger partial charge is 0.222 e. The van der Waals surface area contributed by atoms with E-state index in [9.17, 15) is 4.79 Å². The van der Waals surface area contributed by atoms with Crippen LogP contribution in [-0.4, -0.2) is 56.0 Å². The molecule has 0 rings (SSSR count). The zero-order chi connectivity index (χ0) is 14.1. The number of amides is 1. The molecule has 0 aromatic carbocycles. The van der Waals surface area contributed by atoms with E-state index >= 15 is 0 Å². The van der Waals surface area contributed by atoms with Gasteiger partial charge in [-0.05, 0) is 38.9 Å². The lowest BCUT2D eigenvalue weighted by Gasteiger charge is -2.26. The van der Waals surface area contributed by atoms with Crippen molar-refractivity contribution in [3.8, 4) is 0 Å². The SMILES string of the molecule is CC(C)CN(CCN(C)C)C(=O)CCC(C)CN. The summed E-state index contributed by atoms with van der Waals surface area (Å²) in [5.74, 6) is 1.22. The average Bonchev–Trinajstić information content (AvgIpc) is 2.30. The van der Waals surface area contributed by atoms with Crippen molar-refractivity contribution in [1.29, 1.82) is 0 Å². The summed E-state index contributed by atoms with van der Waals surface area (Å²) in [7, 11) is 4.07. The fraction of sp³-hybridized carbons (Fsp3) is 0.929. The molecular weight excluding hydrogens is 226 g/mol. The van der Waals surface area contributed by atoms with Gasteiger partial charge in [0.15, 0.2) is 0 Å². The molecule has 0 aliphatic heterocycles. The zero-order valence-corrected chi connectivity index (χ0v) is 12.8. The highest BCUT2D eigenvalue weighted by molar-refractivity contribution is 5.76. The number of hydrogen-bond donors (Lipinski definition) is 1. The van der Waals surface area contributed by atoms with Crippen LogP contribution < -0.4 is 5.73 Å². The summed E-state index contributed by atoms with van der Waals surface area (Å²) in [5, 5.41) is 0. The van der Waals surface area contributed by atoms with E-state index in [2.05, 4.69) is 25.7 Å². The van der Waals surface area contributed by atoms with Crippen molar-refractivity contribution in [3.63, 3.8) is 0 Å². The minimum absolute atomic E-state index is 0.269.